The summed E-state index contributed by atoms with van der Waals surface area (Å²) in [4.78, 5) is 0. The van der Waals surface area contributed by atoms with Crippen LogP contribution in [0.5, 0.6) is 0 Å². The summed E-state index contributed by atoms with van der Waals surface area (Å²) in [6.45, 7) is 5.55. The Bertz CT molecular complexity index is 387. The van der Waals surface area contributed by atoms with Gasteiger partial charge < -0.3 is 14.9 Å². The highest BCUT2D eigenvalue weighted by Gasteiger charge is 2.10. The van der Waals surface area contributed by atoms with Crippen LogP contribution in [0, 0.1) is 0 Å². The van der Waals surface area contributed by atoms with Crippen LogP contribution >= 0.6 is 0 Å². The van der Waals surface area contributed by atoms with E-state index in [-0.39, 0.29) is 19.8 Å². The van der Waals surface area contributed by atoms with Crippen LogP contribution in [0.2, 0.25) is 0 Å². The summed E-state index contributed by atoms with van der Waals surface area (Å²) in [7, 11) is 0. The maximum absolute atomic E-state index is 9.71. The predicted octanol–water partition coefficient (Wildman–Crippen LogP) is 0.238. The first-order chi connectivity index (χ1) is 8.17. The number of nitrogens with zero attached hydrogens (tertiary/aromatic N) is 3. The molecule has 6 heteroatoms. The molecule has 2 N–H and O–H groups in total. The maximum Gasteiger partial charge on any atom is 0.115 e. The summed E-state index contributed by atoms with van der Waals surface area (Å²) in [6.07, 6.45) is 4.07. The standard InChI is InChI=1S/C11H17N3O3/c1-3-4-9(2)17-8-11(16)6-14-10(7-15)5-12-13-14/h3-5,11,15-16H,1,6-8H2,2H3/b9-4+/t11-/m0/s1. The molecule has 0 amide bonds. The highest BCUT2D eigenvalue weighted by atomic mass is 16.5. The molecule has 1 heterocycles. The van der Waals surface area contributed by atoms with Gasteiger partial charge >= 0.3 is 0 Å². The average molecular weight is 239 g/mol. The zero-order valence-electron chi connectivity index (χ0n) is 9.78. The zero-order chi connectivity index (χ0) is 12.7. The van der Waals surface area contributed by atoms with Gasteiger partial charge in [-0.15, -0.1) is 5.10 Å². The van der Waals surface area contributed by atoms with Gasteiger partial charge in [-0.05, 0) is 13.0 Å². The van der Waals surface area contributed by atoms with Gasteiger partial charge in [-0.25, -0.2) is 4.68 Å². The van der Waals surface area contributed by atoms with Crippen molar-refractivity contribution in [2.45, 2.75) is 26.2 Å². The Kier molecular flexibility index (Phi) is 5.38. The van der Waals surface area contributed by atoms with Crippen molar-refractivity contribution in [1.29, 1.82) is 0 Å². The summed E-state index contributed by atoms with van der Waals surface area (Å²) in [5, 5.41) is 26.1. The second-order valence-corrected chi connectivity index (χ2v) is 3.54. The van der Waals surface area contributed by atoms with Crippen molar-refractivity contribution in [1.82, 2.24) is 15.0 Å². The van der Waals surface area contributed by atoms with Crippen LogP contribution in [0.4, 0.5) is 0 Å². The van der Waals surface area contributed by atoms with Crippen molar-refractivity contribution < 1.29 is 14.9 Å². The lowest BCUT2D eigenvalue weighted by Gasteiger charge is -2.13. The van der Waals surface area contributed by atoms with Crippen LogP contribution in [0.25, 0.3) is 0 Å². The molecule has 0 aliphatic carbocycles. The fraction of sp³-hybridized carbons (Fsp3) is 0.455. The van der Waals surface area contributed by atoms with E-state index in [1.807, 2.05) is 0 Å². The van der Waals surface area contributed by atoms with E-state index in [1.54, 1.807) is 19.1 Å². The molecule has 1 rings (SSSR count). The summed E-state index contributed by atoms with van der Waals surface area (Å²) in [5.41, 5.74) is 0.558. The second-order valence-electron chi connectivity index (χ2n) is 3.54. The molecule has 1 atom stereocenters. The molecule has 0 aromatic carbocycles. The van der Waals surface area contributed by atoms with E-state index in [4.69, 9.17) is 9.84 Å². The van der Waals surface area contributed by atoms with Crippen molar-refractivity contribution in [3.8, 4) is 0 Å². The van der Waals surface area contributed by atoms with Gasteiger partial charge in [-0.3, -0.25) is 0 Å². The number of rotatable bonds is 7. The van der Waals surface area contributed by atoms with Gasteiger partial charge in [-0.2, -0.15) is 0 Å². The minimum Gasteiger partial charge on any atom is -0.495 e. The first-order valence-corrected chi connectivity index (χ1v) is 5.25. The number of aliphatic hydroxyl groups is 2. The Labute approximate surface area is 99.8 Å². The van der Waals surface area contributed by atoms with E-state index in [9.17, 15) is 5.11 Å². The van der Waals surface area contributed by atoms with Crippen molar-refractivity contribution in [2.75, 3.05) is 6.61 Å². The molecule has 0 saturated heterocycles. The molecular weight excluding hydrogens is 222 g/mol. The molecule has 1 aromatic heterocycles. The van der Waals surface area contributed by atoms with Crippen molar-refractivity contribution in [3.05, 3.63) is 36.4 Å². The van der Waals surface area contributed by atoms with Crippen molar-refractivity contribution in [3.63, 3.8) is 0 Å². The molecule has 0 aliphatic rings. The number of ether oxygens (including phenoxy) is 1. The Morgan fingerprint density at radius 2 is 2.47 bits per heavy atom. The molecule has 0 aliphatic heterocycles. The fourth-order valence-corrected chi connectivity index (χ4v) is 1.25. The van der Waals surface area contributed by atoms with Gasteiger partial charge in [0.2, 0.25) is 0 Å². The molecular formula is C11H17N3O3. The third-order valence-electron chi connectivity index (χ3n) is 2.10. The highest BCUT2D eigenvalue weighted by molar-refractivity contribution is 5.01. The summed E-state index contributed by atoms with van der Waals surface area (Å²) < 4.78 is 6.73. The average Bonchev–Trinajstić information content (AvgIpc) is 2.74. The quantitative estimate of drug-likeness (QED) is 0.526. The lowest BCUT2D eigenvalue weighted by molar-refractivity contribution is 0.0563. The van der Waals surface area contributed by atoms with Crippen LogP contribution in [-0.4, -0.2) is 37.9 Å². The number of aliphatic hydroxyl groups excluding tert-OH is 2. The Morgan fingerprint density at radius 1 is 1.71 bits per heavy atom. The fourth-order valence-electron chi connectivity index (χ4n) is 1.25. The van der Waals surface area contributed by atoms with Crippen LogP contribution < -0.4 is 0 Å². The molecule has 6 nitrogen and oxygen atoms in total. The Morgan fingerprint density at radius 3 is 3.12 bits per heavy atom. The molecule has 0 fully saturated rings. The predicted molar refractivity (Wildman–Crippen MR) is 61.9 cm³/mol. The normalized spacial score (nSPS) is 13.5. The zero-order valence-corrected chi connectivity index (χ0v) is 9.78. The van der Waals surface area contributed by atoms with Gasteiger partial charge in [0.05, 0.1) is 30.8 Å². The van der Waals surface area contributed by atoms with Gasteiger partial charge in [0, 0.05) is 0 Å². The van der Waals surface area contributed by atoms with Crippen LogP contribution in [0.15, 0.2) is 30.7 Å². The van der Waals surface area contributed by atoms with Crippen LogP contribution in [0.3, 0.4) is 0 Å². The molecule has 0 radical (unpaired) electrons. The Balaban J connectivity index is 2.42. The molecule has 0 unspecified atom stereocenters. The lowest BCUT2D eigenvalue weighted by atomic mass is 10.3. The maximum atomic E-state index is 9.71. The van der Waals surface area contributed by atoms with Gasteiger partial charge in [0.25, 0.3) is 0 Å². The first kappa shape index (κ1) is 13.4. The number of hydrogen-bond acceptors (Lipinski definition) is 5. The molecule has 0 saturated carbocycles. The van der Waals surface area contributed by atoms with Crippen LogP contribution in [0.1, 0.15) is 12.6 Å². The first-order valence-electron chi connectivity index (χ1n) is 5.25. The van der Waals surface area contributed by atoms with E-state index < -0.39 is 6.10 Å². The molecule has 1 aromatic rings. The molecule has 0 bridgehead atoms. The van der Waals surface area contributed by atoms with E-state index in [2.05, 4.69) is 16.9 Å². The van der Waals surface area contributed by atoms with Gasteiger partial charge in [0.1, 0.15) is 12.7 Å². The van der Waals surface area contributed by atoms with E-state index in [1.165, 1.54) is 10.9 Å². The largest absolute Gasteiger partial charge is 0.495 e. The number of aromatic nitrogens is 3. The smallest absolute Gasteiger partial charge is 0.115 e. The third kappa shape index (κ3) is 4.38. The van der Waals surface area contributed by atoms with Crippen molar-refractivity contribution >= 4 is 0 Å². The Hall–Kier alpha value is -1.66. The topological polar surface area (TPSA) is 80.4 Å². The number of hydrogen-bond donors (Lipinski definition) is 2. The summed E-state index contributed by atoms with van der Waals surface area (Å²) >= 11 is 0. The molecule has 94 valence electrons. The monoisotopic (exact) mass is 239 g/mol. The van der Waals surface area contributed by atoms with E-state index >= 15 is 0 Å². The summed E-state index contributed by atoms with van der Waals surface area (Å²) in [6, 6.07) is 0. The third-order valence-corrected chi connectivity index (χ3v) is 2.10. The molecule has 0 spiro atoms. The number of allylic oxidation sites excluding steroid dienone is 3. The van der Waals surface area contributed by atoms with E-state index in [0.717, 1.165) is 0 Å². The lowest BCUT2D eigenvalue weighted by Crippen LogP contribution is -2.23. The van der Waals surface area contributed by atoms with Gasteiger partial charge in [0.15, 0.2) is 0 Å². The minimum absolute atomic E-state index is 0.154. The SMILES string of the molecule is C=C/C=C(\C)OC[C@@H](O)Cn1nncc1CO. The highest BCUT2D eigenvalue weighted by Crippen LogP contribution is 2.01. The van der Waals surface area contributed by atoms with Crippen molar-refractivity contribution in [2.24, 2.45) is 0 Å². The van der Waals surface area contributed by atoms with E-state index in [0.29, 0.717) is 11.5 Å². The van der Waals surface area contributed by atoms with Crippen LogP contribution in [-0.2, 0) is 17.9 Å². The molecule has 17 heavy (non-hydrogen) atoms. The second kappa shape index (κ2) is 6.82. The van der Waals surface area contributed by atoms with Gasteiger partial charge in [-0.1, -0.05) is 17.9 Å². The minimum atomic E-state index is -0.713. The summed E-state index contributed by atoms with van der Waals surface area (Å²) in [5.74, 6) is 0.681.